The Labute approximate surface area is 121 Å². The van der Waals surface area contributed by atoms with Gasteiger partial charge >= 0.3 is 0 Å². The van der Waals surface area contributed by atoms with Gasteiger partial charge in [-0.2, -0.15) is 4.98 Å². The summed E-state index contributed by atoms with van der Waals surface area (Å²) in [5.41, 5.74) is 1.09. The maximum absolute atomic E-state index is 11.8. The number of hydrogen-bond donors (Lipinski definition) is 1. The van der Waals surface area contributed by atoms with E-state index < -0.39 is 14.6 Å². The first-order chi connectivity index (χ1) is 9.17. The van der Waals surface area contributed by atoms with Crippen molar-refractivity contribution in [2.75, 3.05) is 13.4 Å². The summed E-state index contributed by atoms with van der Waals surface area (Å²) in [5.74, 6) is 0.372. The largest absolute Gasteiger partial charge is 0.479 e. The fraction of sp³-hybridized carbons (Fsp3) is 0.545. The van der Waals surface area contributed by atoms with Crippen LogP contribution in [0.25, 0.3) is 11.2 Å². The number of methoxy groups -OCH3 is 1. The van der Waals surface area contributed by atoms with E-state index >= 15 is 0 Å². The lowest BCUT2D eigenvalue weighted by atomic mass is 10.2. The molecule has 0 aliphatic rings. The molecule has 2 heterocycles. The highest BCUT2D eigenvalue weighted by molar-refractivity contribution is 7.92. The second-order valence-electron chi connectivity index (χ2n) is 5.13. The van der Waals surface area contributed by atoms with E-state index in [0.717, 1.165) is 0 Å². The molecule has 0 amide bonds. The average molecular weight is 316 g/mol. The van der Waals surface area contributed by atoms with Crippen LogP contribution in [0.1, 0.15) is 13.8 Å². The summed E-state index contributed by atoms with van der Waals surface area (Å²) in [4.78, 5) is 11.1. The van der Waals surface area contributed by atoms with Crippen LogP contribution >= 0.6 is 12.2 Å². The maximum Gasteiger partial charge on any atom is 0.242 e. The fourth-order valence-electron chi connectivity index (χ4n) is 1.74. The monoisotopic (exact) mass is 316 g/mol. The van der Waals surface area contributed by atoms with Crippen LogP contribution in [0.5, 0.6) is 5.88 Å². The zero-order valence-electron chi connectivity index (χ0n) is 11.7. The zero-order valence-corrected chi connectivity index (χ0v) is 13.3. The van der Waals surface area contributed by atoms with E-state index in [0.29, 0.717) is 21.8 Å². The SMILES string of the molecule is COc1ncnc2c1[nH]c(=S)n2CC(C)(C)S(C)(=O)=O. The molecule has 20 heavy (non-hydrogen) atoms. The van der Waals surface area contributed by atoms with E-state index in [1.54, 1.807) is 18.4 Å². The van der Waals surface area contributed by atoms with E-state index in [1.807, 2.05) is 0 Å². The maximum atomic E-state index is 11.8. The summed E-state index contributed by atoms with van der Waals surface area (Å²) >= 11 is 5.24. The molecule has 1 N–H and O–H groups in total. The lowest BCUT2D eigenvalue weighted by Gasteiger charge is -2.22. The van der Waals surface area contributed by atoms with Crippen LogP contribution in [0.15, 0.2) is 6.33 Å². The summed E-state index contributed by atoms with van der Waals surface area (Å²) in [6.45, 7) is 3.51. The molecule has 2 aromatic heterocycles. The molecule has 0 bridgehead atoms. The average Bonchev–Trinajstić information content (AvgIpc) is 2.64. The molecule has 2 rings (SSSR count). The number of aromatic nitrogens is 4. The second kappa shape index (κ2) is 4.81. The minimum absolute atomic E-state index is 0.199. The molecule has 2 aromatic rings. The number of ether oxygens (including phenoxy) is 1. The molecule has 0 atom stereocenters. The number of nitrogens with zero attached hydrogens (tertiary/aromatic N) is 3. The Morgan fingerprint density at radius 2 is 2.10 bits per heavy atom. The van der Waals surface area contributed by atoms with Gasteiger partial charge < -0.3 is 9.72 Å². The predicted molar refractivity (Wildman–Crippen MR) is 78.2 cm³/mol. The quantitative estimate of drug-likeness (QED) is 0.856. The Morgan fingerprint density at radius 1 is 1.45 bits per heavy atom. The Hall–Kier alpha value is -1.48. The van der Waals surface area contributed by atoms with Crippen molar-refractivity contribution >= 4 is 33.2 Å². The van der Waals surface area contributed by atoms with Gasteiger partial charge in [0.05, 0.1) is 11.9 Å². The van der Waals surface area contributed by atoms with Crippen LogP contribution in [-0.4, -0.2) is 46.0 Å². The van der Waals surface area contributed by atoms with Crippen LogP contribution in [0.4, 0.5) is 0 Å². The first kappa shape index (κ1) is 14.9. The first-order valence-corrected chi connectivity index (χ1v) is 8.14. The van der Waals surface area contributed by atoms with Gasteiger partial charge in [-0.15, -0.1) is 0 Å². The normalized spacial score (nSPS) is 12.8. The number of imidazole rings is 1. The Morgan fingerprint density at radius 3 is 2.65 bits per heavy atom. The van der Waals surface area contributed by atoms with Gasteiger partial charge in [-0.3, -0.25) is 4.57 Å². The smallest absolute Gasteiger partial charge is 0.242 e. The van der Waals surface area contributed by atoms with Crippen molar-refractivity contribution in [3.8, 4) is 5.88 Å². The molecule has 0 spiro atoms. The van der Waals surface area contributed by atoms with E-state index in [-0.39, 0.29) is 6.54 Å². The molecule has 0 unspecified atom stereocenters. The van der Waals surface area contributed by atoms with Crippen molar-refractivity contribution in [3.05, 3.63) is 11.1 Å². The molecule has 0 aromatic carbocycles. The van der Waals surface area contributed by atoms with Crippen molar-refractivity contribution in [3.63, 3.8) is 0 Å². The Bertz CT molecular complexity index is 805. The molecule has 9 heteroatoms. The van der Waals surface area contributed by atoms with Gasteiger partial charge in [0.1, 0.15) is 11.8 Å². The molecular formula is C11H16N4O3S2. The first-order valence-electron chi connectivity index (χ1n) is 5.84. The Balaban J connectivity index is 2.62. The lowest BCUT2D eigenvalue weighted by Crippen LogP contribution is -2.35. The summed E-state index contributed by atoms with van der Waals surface area (Å²) in [5, 5.41) is 0. The second-order valence-corrected chi connectivity index (χ2v) is 8.17. The molecule has 0 saturated heterocycles. The van der Waals surface area contributed by atoms with Gasteiger partial charge in [0.2, 0.25) is 5.88 Å². The third kappa shape index (κ3) is 2.42. The van der Waals surface area contributed by atoms with Crippen molar-refractivity contribution in [1.82, 2.24) is 19.5 Å². The summed E-state index contributed by atoms with van der Waals surface area (Å²) in [6, 6.07) is 0. The third-order valence-electron chi connectivity index (χ3n) is 3.26. The number of aromatic amines is 1. The van der Waals surface area contributed by atoms with Gasteiger partial charge in [-0.05, 0) is 26.1 Å². The Kier molecular flexibility index (Phi) is 3.59. The van der Waals surface area contributed by atoms with Crippen molar-refractivity contribution in [2.24, 2.45) is 0 Å². The molecule has 0 aliphatic heterocycles. The molecule has 0 radical (unpaired) electrons. The van der Waals surface area contributed by atoms with E-state index in [1.165, 1.54) is 19.7 Å². The van der Waals surface area contributed by atoms with Crippen LogP contribution in [0.3, 0.4) is 0 Å². The third-order valence-corrected chi connectivity index (χ3v) is 5.72. The molecule has 110 valence electrons. The number of fused-ring (bicyclic) bond motifs is 1. The standard InChI is InChI=1S/C11H16N4O3S2/c1-11(2,20(4,16)17)5-15-8-7(14-10(15)19)9(18-3)13-6-12-8/h6H,5H2,1-4H3,(H,14,19). The number of hydrogen-bond acceptors (Lipinski definition) is 6. The van der Waals surface area contributed by atoms with Crippen LogP contribution in [0, 0.1) is 4.77 Å². The molecule has 0 saturated carbocycles. The minimum Gasteiger partial charge on any atom is -0.479 e. The van der Waals surface area contributed by atoms with Gasteiger partial charge in [0.15, 0.2) is 20.3 Å². The highest BCUT2D eigenvalue weighted by atomic mass is 32.2. The fourth-order valence-corrected chi connectivity index (χ4v) is 2.36. The number of sulfone groups is 1. The van der Waals surface area contributed by atoms with Crippen molar-refractivity contribution < 1.29 is 13.2 Å². The zero-order chi connectivity index (χ0) is 15.1. The van der Waals surface area contributed by atoms with Crippen LogP contribution in [0.2, 0.25) is 0 Å². The number of H-pyrrole nitrogens is 1. The molecule has 7 nitrogen and oxygen atoms in total. The molecule has 0 aliphatic carbocycles. The highest BCUT2D eigenvalue weighted by Crippen LogP contribution is 2.24. The molecule has 0 fully saturated rings. The number of nitrogens with one attached hydrogen (secondary N) is 1. The van der Waals surface area contributed by atoms with Gasteiger partial charge in [0, 0.05) is 12.8 Å². The molecular weight excluding hydrogens is 300 g/mol. The van der Waals surface area contributed by atoms with Crippen LogP contribution < -0.4 is 4.74 Å². The highest BCUT2D eigenvalue weighted by Gasteiger charge is 2.32. The summed E-state index contributed by atoms with van der Waals surface area (Å²) < 4.78 is 29.9. The summed E-state index contributed by atoms with van der Waals surface area (Å²) in [6.07, 6.45) is 2.56. The van der Waals surface area contributed by atoms with Crippen LogP contribution in [-0.2, 0) is 16.4 Å². The lowest BCUT2D eigenvalue weighted by molar-refractivity contribution is 0.401. The van der Waals surface area contributed by atoms with E-state index in [2.05, 4.69) is 15.0 Å². The van der Waals surface area contributed by atoms with Gasteiger partial charge in [0.25, 0.3) is 0 Å². The number of rotatable bonds is 4. The van der Waals surface area contributed by atoms with Gasteiger partial charge in [-0.25, -0.2) is 13.4 Å². The summed E-state index contributed by atoms with van der Waals surface area (Å²) in [7, 11) is -1.74. The van der Waals surface area contributed by atoms with E-state index in [4.69, 9.17) is 17.0 Å². The predicted octanol–water partition coefficient (Wildman–Crippen LogP) is 1.32. The van der Waals surface area contributed by atoms with Crippen molar-refractivity contribution in [1.29, 1.82) is 0 Å². The van der Waals surface area contributed by atoms with Gasteiger partial charge in [-0.1, -0.05) is 0 Å². The topological polar surface area (TPSA) is 89.9 Å². The van der Waals surface area contributed by atoms with E-state index in [9.17, 15) is 8.42 Å². The van der Waals surface area contributed by atoms with Crippen molar-refractivity contribution in [2.45, 2.75) is 25.1 Å². The minimum atomic E-state index is -3.24.